The number of hydrogen-bond donors (Lipinski definition) is 7. The van der Waals surface area contributed by atoms with E-state index in [0.717, 1.165) is 57.8 Å². The van der Waals surface area contributed by atoms with Crippen molar-refractivity contribution < 1.29 is 57.0 Å². The minimum Gasteiger partial charge on any atom is -0.394 e. The van der Waals surface area contributed by atoms with Gasteiger partial charge in [-0.2, -0.15) is 8.42 Å². The van der Waals surface area contributed by atoms with Gasteiger partial charge in [-0.1, -0.05) is 216 Å². The number of rotatable bonds is 47. The topological polar surface area (TPSA) is 212 Å². The molecular formula is C56H101NO12S. The zero-order valence-corrected chi connectivity index (χ0v) is 44.5. The fourth-order valence-electron chi connectivity index (χ4n) is 8.53. The fourth-order valence-corrected chi connectivity index (χ4v) is 9.04. The van der Waals surface area contributed by atoms with Gasteiger partial charge >= 0.3 is 10.4 Å². The molecule has 70 heavy (non-hydrogen) atoms. The van der Waals surface area contributed by atoms with Crippen LogP contribution in [0.4, 0.5) is 0 Å². The van der Waals surface area contributed by atoms with Crippen LogP contribution in [-0.2, 0) is 28.9 Å². The minimum absolute atomic E-state index is 0.231. The van der Waals surface area contributed by atoms with E-state index >= 15 is 0 Å². The van der Waals surface area contributed by atoms with Crippen molar-refractivity contribution in [3.8, 4) is 0 Å². The summed E-state index contributed by atoms with van der Waals surface area (Å²) in [6, 6.07) is -1.15. The van der Waals surface area contributed by atoms with E-state index in [0.29, 0.717) is 12.8 Å². The molecule has 8 atom stereocenters. The molecule has 1 fully saturated rings. The lowest BCUT2D eigenvalue weighted by Gasteiger charge is -2.41. The summed E-state index contributed by atoms with van der Waals surface area (Å²) in [4.78, 5) is 13.2. The van der Waals surface area contributed by atoms with Crippen LogP contribution in [0.3, 0.4) is 0 Å². The minimum atomic E-state index is -5.13. The molecule has 1 amide bonds. The predicted octanol–water partition coefficient (Wildman–Crippen LogP) is 11.5. The van der Waals surface area contributed by atoms with Gasteiger partial charge in [-0.05, 0) is 70.6 Å². The molecule has 13 nitrogen and oxygen atoms in total. The van der Waals surface area contributed by atoms with Crippen molar-refractivity contribution in [2.45, 2.75) is 275 Å². The van der Waals surface area contributed by atoms with Gasteiger partial charge in [-0.3, -0.25) is 9.35 Å². The summed E-state index contributed by atoms with van der Waals surface area (Å²) in [6.45, 7) is 3.12. The van der Waals surface area contributed by atoms with Crippen LogP contribution in [0.15, 0.2) is 60.8 Å². The summed E-state index contributed by atoms with van der Waals surface area (Å²) < 4.78 is 47.7. The Kier molecular flexibility index (Phi) is 42.6. The number of unbranched alkanes of at least 4 members (excludes halogenated alkanes) is 26. The number of carbonyl (C=O) groups excluding carboxylic acids is 1. The van der Waals surface area contributed by atoms with E-state index in [-0.39, 0.29) is 6.42 Å². The van der Waals surface area contributed by atoms with Gasteiger partial charge in [0.25, 0.3) is 0 Å². The number of nitrogens with one attached hydrogen (secondary N) is 1. The van der Waals surface area contributed by atoms with Gasteiger partial charge in [0.05, 0.1) is 25.4 Å². The average Bonchev–Trinajstić information content (AvgIpc) is 3.33. The van der Waals surface area contributed by atoms with Crippen molar-refractivity contribution in [2.24, 2.45) is 0 Å². The van der Waals surface area contributed by atoms with Crippen LogP contribution in [0.1, 0.15) is 226 Å². The monoisotopic (exact) mass is 1010 g/mol. The second kappa shape index (κ2) is 45.4. The van der Waals surface area contributed by atoms with Gasteiger partial charge < -0.3 is 40.3 Å². The van der Waals surface area contributed by atoms with Gasteiger partial charge in [-0.25, -0.2) is 4.18 Å². The van der Waals surface area contributed by atoms with E-state index in [2.05, 4.69) is 72.0 Å². The third kappa shape index (κ3) is 36.6. The molecule has 0 spiro atoms. The Hall–Kier alpha value is -2.24. The van der Waals surface area contributed by atoms with E-state index in [1.165, 1.54) is 141 Å². The van der Waals surface area contributed by atoms with Crippen LogP contribution in [0, 0.1) is 0 Å². The third-order valence-corrected chi connectivity index (χ3v) is 13.3. The Morgan fingerprint density at radius 3 is 1.53 bits per heavy atom. The van der Waals surface area contributed by atoms with Crippen molar-refractivity contribution in [3.63, 3.8) is 0 Å². The summed E-state index contributed by atoms with van der Waals surface area (Å²) in [5, 5.41) is 55.5. The summed E-state index contributed by atoms with van der Waals surface area (Å²) >= 11 is 0. The molecule has 8 unspecified atom stereocenters. The molecule has 0 aliphatic carbocycles. The molecule has 1 rings (SSSR count). The van der Waals surface area contributed by atoms with Gasteiger partial charge in [0.1, 0.15) is 30.5 Å². The van der Waals surface area contributed by atoms with Crippen LogP contribution in [0.5, 0.6) is 0 Å². The highest BCUT2D eigenvalue weighted by atomic mass is 32.3. The molecule has 14 heteroatoms. The SMILES string of the molecule is CC/C=C\C/C=C\CCCCCCCCCCCCCCCC(O)C(=O)NC(COC1OC(CO)C(O)C(OS(=O)(=O)O)C1O)C(O)/C=C/CC/C=C/CC/C=C/CCCCCCCCCCCCC. The first kappa shape index (κ1) is 65.8. The van der Waals surface area contributed by atoms with Gasteiger partial charge in [0, 0.05) is 0 Å². The Labute approximate surface area is 425 Å². The van der Waals surface area contributed by atoms with E-state index in [1.807, 2.05) is 0 Å². The number of aliphatic hydroxyl groups excluding tert-OH is 5. The van der Waals surface area contributed by atoms with E-state index in [9.17, 15) is 43.3 Å². The summed E-state index contributed by atoms with van der Waals surface area (Å²) in [6.07, 6.45) is 47.3. The predicted molar refractivity (Wildman–Crippen MR) is 283 cm³/mol. The second-order valence-corrected chi connectivity index (χ2v) is 20.3. The van der Waals surface area contributed by atoms with Gasteiger partial charge in [-0.15, -0.1) is 0 Å². The lowest BCUT2D eigenvalue weighted by molar-refractivity contribution is -0.298. The number of amides is 1. The second-order valence-electron chi connectivity index (χ2n) is 19.3. The molecule has 1 aliphatic heterocycles. The molecule has 0 aromatic carbocycles. The first-order chi connectivity index (χ1) is 33.9. The number of aliphatic hydroxyl groups is 5. The number of carbonyl (C=O) groups is 1. The maximum atomic E-state index is 13.2. The largest absolute Gasteiger partial charge is 0.397 e. The fraction of sp³-hybridized carbons (Fsp3) is 0.804. The average molecular weight is 1010 g/mol. The standard InChI is InChI=1S/C56H101NO12S/c1-3-5-7-9-11-13-15-17-19-21-23-25-27-28-30-32-34-36-38-40-42-44-49(59)48(47-67-56-53(62)54(69-70(64,65)66)52(61)51(46-58)68-56)57-55(63)50(60)45-43-41-39-37-35-33-31-29-26-24-22-20-18-16-14-12-10-8-6-4-2/h6,8,12,14,27-28,34,36,42,44,48-54,56,58-62H,3-5,7,9-11,13,15-26,29-33,35,37-41,43,45-47H2,1-2H3,(H,57,63)(H,64,65,66)/b8-6-,14-12-,28-27+,36-34+,44-42+. The molecule has 7 N–H and O–H groups in total. The van der Waals surface area contributed by atoms with Crippen molar-refractivity contribution >= 4 is 16.3 Å². The molecular weight excluding hydrogens is 911 g/mol. The summed E-state index contributed by atoms with van der Waals surface area (Å²) in [7, 11) is -5.13. The van der Waals surface area contributed by atoms with E-state index in [1.54, 1.807) is 6.08 Å². The van der Waals surface area contributed by atoms with Crippen molar-refractivity contribution in [1.82, 2.24) is 5.32 Å². The van der Waals surface area contributed by atoms with Crippen LogP contribution in [0.2, 0.25) is 0 Å². The summed E-state index contributed by atoms with van der Waals surface area (Å²) in [5.41, 5.74) is 0. The lowest BCUT2D eigenvalue weighted by atomic mass is 9.99. The number of allylic oxidation sites excluding steroid dienone is 9. The molecule has 0 saturated carbocycles. The van der Waals surface area contributed by atoms with E-state index in [4.69, 9.17) is 9.47 Å². The smallest absolute Gasteiger partial charge is 0.394 e. The highest BCUT2D eigenvalue weighted by Gasteiger charge is 2.48. The first-order valence-electron chi connectivity index (χ1n) is 27.8. The van der Waals surface area contributed by atoms with Crippen molar-refractivity contribution in [1.29, 1.82) is 0 Å². The number of ether oxygens (including phenoxy) is 2. The molecule has 1 saturated heterocycles. The Morgan fingerprint density at radius 1 is 0.600 bits per heavy atom. The third-order valence-electron chi connectivity index (χ3n) is 12.9. The molecule has 0 aromatic heterocycles. The molecule has 0 bridgehead atoms. The Morgan fingerprint density at radius 2 is 1.04 bits per heavy atom. The highest BCUT2D eigenvalue weighted by molar-refractivity contribution is 7.80. The normalized spacial score (nSPS) is 20.5. The molecule has 0 aromatic rings. The summed E-state index contributed by atoms with van der Waals surface area (Å²) in [5.74, 6) is -0.717. The Balaban J connectivity index is 2.50. The van der Waals surface area contributed by atoms with Crippen LogP contribution in [-0.4, -0.2) is 107 Å². The van der Waals surface area contributed by atoms with E-state index < -0.39 is 78.5 Å². The number of hydrogen-bond acceptors (Lipinski definition) is 11. The maximum absolute atomic E-state index is 13.2. The molecule has 0 radical (unpaired) electrons. The highest BCUT2D eigenvalue weighted by Crippen LogP contribution is 2.26. The zero-order valence-electron chi connectivity index (χ0n) is 43.7. The Bertz CT molecular complexity index is 1490. The van der Waals surface area contributed by atoms with Crippen LogP contribution >= 0.6 is 0 Å². The quantitative estimate of drug-likeness (QED) is 0.0172. The maximum Gasteiger partial charge on any atom is 0.397 e. The zero-order chi connectivity index (χ0) is 51.3. The van der Waals surface area contributed by atoms with Gasteiger partial charge in [0.15, 0.2) is 6.29 Å². The van der Waals surface area contributed by atoms with Crippen LogP contribution < -0.4 is 5.32 Å². The van der Waals surface area contributed by atoms with Crippen molar-refractivity contribution in [2.75, 3.05) is 13.2 Å². The molecule has 408 valence electrons. The van der Waals surface area contributed by atoms with Gasteiger partial charge in [0.2, 0.25) is 5.91 Å². The van der Waals surface area contributed by atoms with Crippen molar-refractivity contribution in [3.05, 3.63) is 60.8 Å². The lowest BCUT2D eigenvalue weighted by Crippen LogP contribution is -2.61. The molecule has 1 heterocycles. The van der Waals surface area contributed by atoms with Crippen LogP contribution in [0.25, 0.3) is 0 Å². The first-order valence-corrected chi connectivity index (χ1v) is 29.1. The molecule has 1 aliphatic rings.